The van der Waals surface area contributed by atoms with E-state index in [1.54, 1.807) is 17.0 Å². The number of nitrogens with zero attached hydrogens (tertiary/aromatic N) is 1. The second-order valence-corrected chi connectivity index (χ2v) is 11.2. The van der Waals surface area contributed by atoms with Gasteiger partial charge in [-0.15, -0.1) is 0 Å². The number of benzene rings is 2. The van der Waals surface area contributed by atoms with Crippen molar-refractivity contribution in [2.75, 3.05) is 23.7 Å². The van der Waals surface area contributed by atoms with Crippen molar-refractivity contribution in [2.45, 2.75) is 59.8 Å². The third-order valence-corrected chi connectivity index (χ3v) is 6.17. The molecule has 1 heterocycles. The molecule has 0 aliphatic carbocycles. The van der Waals surface area contributed by atoms with Crippen LogP contribution in [0, 0.1) is 11.3 Å². The molecule has 0 spiro atoms. The van der Waals surface area contributed by atoms with Gasteiger partial charge in [-0.1, -0.05) is 65.8 Å². The molecule has 3 rings (SSSR count). The third kappa shape index (κ3) is 6.25. The number of hydrogen-bond donors (Lipinski definition) is 2. The lowest BCUT2D eigenvalue weighted by atomic mass is 9.87. The van der Waals surface area contributed by atoms with Gasteiger partial charge < -0.3 is 15.5 Å². The molecule has 1 fully saturated rings. The molecule has 0 saturated carbocycles. The molecular weight excluding hydrogens is 426 g/mol. The Balaban J connectivity index is 1.69. The van der Waals surface area contributed by atoms with Crippen LogP contribution >= 0.6 is 0 Å². The van der Waals surface area contributed by atoms with Crippen molar-refractivity contribution < 1.29 is 14.4 Å². The van der Waals surface area contributed by atoms with E-state index in [-0.39, 0.29) is 29.1 Å². The standard InChI is InChI=1S/C28H37N3O3/c1-27(2,3)21-15-13-19(14-16-21)24(32)29-22-11-7-8-12-23(22)30-25(33)20-10-9-17-31(18-20)26(34)28(4,5)6/h7-8,11-16,20H,9-10,17-18H2,1-6H3,(H,29,32)(H,30,33). The monoisotopic (exact) mass is 463 g/mol. The van der Waals surface area contributed by atoms with Crippen molar-refractivity contribution in [3.05, 3.63) is 59.7 Å². The SMILES string of the molecule is CC(C)(C)C(=O)N1CCCC(C(=O)Nc2ccccc2NC(=O)c2ccc(C(C)(C)C)cc2)C1. The van der Waals surface area contributed by atoms with Crippen LogP contribution in [0.1, 0.15) is 70.3 Å². The summed E-state index contributed by atoms with van der Waals surface area (Å²) >= 11 is 0. The zero-order valence-electron chi connectivity index (χ0n) is 21.2. The van der Waals surface area contributed by atoms with Crippen LogP contribution in [-0.2, 0) is 15.0 Å². The number of amides is 3. The van der Waals surface area contributed by atoms with Crippen LogP contribution in [0.3, 0.4) is 0 Å². The fourth-order valence-electron chi connectivity index (χ4n) is 4.10. The van der Waals surface area contributed by atoms with Gasteiger partial charge in [0.1, 0.15) is 0 Å². The Morgan fingerprint density at radius 2 is 1.44 bits per heavy atom. The number of likely N-dealkylation sites (tertiary alicyclic amines) is 1. The molecule has 0 bridgehead atoms. The molecule has 1 aliphatic heterocycles. The van der Waals surface area contributed by atoms with Gasteiger partial charge in [0.15, 0.2) is 0 Å². The predicted molar refractivity (Wildman–Crippen MR) is 137 cm³/mol. The quantitative estimate of drug-likeness (QED) is 0.632. The van der Waals surface area contributed by atoms with Crippen LogP contribution in [-0.4, -0.2) is 35.7 Å². The Kier molecular flexibility index (Phi) is 7.49. The van der Waals surface area contributed by atoms with E-state index in [1.807, 2.05) is 57.2 Å². The summed E-state index contributed by atoms with van der Waals surface area (Å²) in [6.07, 6.45) is 1.53. The number of piperidine rings is 1. The molecule has 0 radical (unpaired) electrons. The zero-order valence-corrected chi connectivity index (χ0v) is 21.2. The minimum atomic E-state index is -0.472. The van der Waals surface area contributed by atoms with E-state index in [0.29, 0.717) is 30.0 Å². The molecule has 182 valence electrons. The average Bonchev–Trinajstić information content (AvgIpc) is 2.78. The molecule has 1 unspecified atom stereocenters. The maximum Gasteiger partial charge on any atom is 0.255 e. The minimum absolute atomic E-state index is 0.0120. The van der Waals surface area contributed by atoms with Gasteiger partial charge in [0.05, 0.1) is 17.3 Å². The van der Waals surface area contributed by atoms with Crippen molar-refractivity contribution >= 4 is 29.1 Å². The number of hydrogen-bond acceptors (Lipinski definition) is 3. The van der Waals surface area contributed by atoms with Crippen LogP contribution in [0.2, 0.25) is 0 Å². The zero-order chi connectivity index (χ0) is 25.1. The second-order valence-electron chi connectivity index (χ2n) is 11.2. The van der Waals surface area contributed by atoms with E-state index in [4.69, 9.17) is 0 Å². The van der Waals surface area contributed by atoms with E-state index < -0.39 is 5.41 Å². The van der Waals surface area contributed by atoms with E-state index in [1.165, 1.54) is 0 Å². The Bertz CT molecular complexity index is 1050. The summed E-state index contributed by atoms with van der Waals surface area (Å²) in [7, 11) is 0. The highest BCUT2D eigenvalue weighted by Crippen LogP contribution is 2.27. The number of carbonyl (C=O) groups is 3. The van der Waals surface area contributed by atoms with Crippen LogP contribution < -0.4 is 10.6 Å². The molecule has 6 heteroatoms. The fourth-order valence-corrected chi connectivity index (χ4v) is 4.10. The normalized spacial score (nSPS) is 16.6. The first-order chi connectivity index (χ1) is 15.9. The van der Waals surface area contributed by atoms with Crippen molar-refractivity contribution in [3.8, 4) is 0 Å². The van der Waals surface area contributed by atoms with E-state index in [9.17, 15) is 14.4 Å². The van der Waals surface area contributed by atoms with Gasteiger partial charge in [-0.05, 0) is 48.1 Å². The Morgan fingerprint density at radius 3 is 2.00 bits per heavy atom. The average molecular weight is 464 g/mol. The maximum absolute atomic E-state index is 13.1. The van der Waals surface area contributed by atoms with E-state index in [2.05, 4.69) is 31.4 Å². The Labute approximate surface area is 203 Å². The Hall–Kier alpha value is -3.15. The van der Waals surface area contributed by atoms with Crippen LogP contribution in [0.25, 0.3) is 0 Å². The highest BCUT2D eigenvalue weighted by Gasteiger charge is 2.33. The van der Waals surface area contributed by atoms with Gasteiger partial charge in [-0.2, -0.15) is 0 Å². The molecule has 2 aromatic carbocycles. The summed E-state index contributed by atoms with van der Waals surface area (Å²) in [6, 6.07) is 14.8. The lowest BCUT2D eigenvalue weighted by molar-refractivity contribution is -0.142. The smallest absolute Gasteiger partial charge is 0.255 e. The van der Waals surface area contributed by atoms with E-state index in [0.717, 1.165) is 18.4 Å². The topological polar surface area (TPSA) is 78.5 Å². The summed E-state index contributed by atoms with van der Waals surface area (Å²) < 4.78 is 0. The van der Waals surface area contributed by atoms with Gasteiger partial charge in [-0.3, -0.25) is 14.4 Å². The summed E-state index contributed by atoms with van der Waals surface area (Å²) in [4.78, 5) is 40.4. The second kappa shape index (κ2) is 10.00. The third-order valence-electron chi connectivity index (χ3n) is 6.17. The number of rotatable bonds is 4. The summed E-state index contributed by atoms with van der Waals surface area (Å²) in [6.45, 7) is 13.2. The van der Waals surface area contributed by atoms with Gasteiger partial charge in [0.25, 0.3) is 5.91 Å². The lowest BCUT2D eigenvalue weighted by Crippen LogP contribution is -2.47. The first-order valence-electron chi connectivity index (χ1n) is 12.0. The van der Waals surface area contributed by atoms with Gasteiger partial charge in [-0.25, -0.2) is 0 Å². The molecule has 34 heavy (non-hydrogen) atoms. The highest BCUT2D eigenvalue weighted by atomic mass is 16.2. The first kappa shape index (κ1) is 25.5. The maximum atomic E-state index is 13.1. The van der Waals surface area contributed by atoms with Crippen LogP contribution in [0.15, 0.2) is 48.5 Å². The number of para-hydroxylation sites is 2. The molecule has 2 aromatic rings. The molecule has 1 atom stereocenters. The molecule has 1 aliphatic rings. The van der Waals surface area contributed by atoms with Crippen molar-refractivity contribution in [1.29, 1.82) is 0 Å². The van der Waals surface area contributed by atoms with Crippen LogP contribution in [0.5, 0.6) is 0 Å². The van der Waals surface area contributed by atoms with Crippen molar-refractivity contribution in [1.82, 2.24) is 4.90 Å². The fraction of sp³-hybridized carbons (Fsp3) is 0.464. The molecule has 2 N–H and O–H groups in total. The van der Waals surface area contributed by atoms with Gasteiger partial charge in [0, 0.05) is 24.1 Å². The molecule has 6 nitrogen and oxygen atoms in total. The summed E-state index contributed by atoms with van der Waals surface area (Å²) in [5.41, 5.74) is 2.34. The largest absolute Gasteiger partial charge is 0.341 e. The van der Waals surface area contributed by atoms with E-state index >= 15 is 0 Å². The van der Waals surface area contributed by atoms with Crippen molar-refractivity contribution in [2.24, 2.45) is 11.3 Å². The number of anilines is 2. The van der Waals surface area contributed by atoms with Gasteiger partial charge in [0.2, 0.25) is 11.8 Å². The van der Waals surface area contributed by atoms with Crippen molar-refractivity contribution in [3.63, 3.8) is 0 Å². The minimum Gasteiger partial charge on any atom is -0.341 e. The molecule has 0 aromatic heterocycles. The van der Waals surface area contributed by atoms with Crippen LogP contribution in [0.4, 0.5) is 11.4 Å². The molecule has 1 saturated heterocycles. The first-order valence-corrected chi connectivity index (χ1v) is 12.0. The highest BCUT2D eigenvalue weighted by molar-refractivity contribution is 6.07. The number of carbonyl (C=O) groups excluding carboxylic acids is 3. The number of nitrogens with one attached hydrogen (secondary N) is 2. The Morgan fingerprint density at radius 1 is 0.853 bits per heavy atom. The summed E-state index contributed by atoms with van der Waals surface area (Å²) in [5, 5.41) is 5.89. The summed E-state index contributed by atoms with van der Waals surface area (Å²) in [5.74, 6) is -0.590. The molecular formula is C28H37N3O3. The predicted octanol–water partition coefficient (Wildman–Crippen LogP) is 5.46. The van der Waals surface area contributed by atoms with Gasteiger partial charge >= 0.3 is 0 Å². The lowest BCUT2D eigenvalue weighted by Gasteiger charge is -2.36. The molecule has 3 amide bonds.